The van der Waals surface area contributed by atoms with E-state index in [4.69, 9.17) is 14.3 Å². The highest BCUT2D eigenvalue weighted by Gasteiger charge is 2.33. The second-order valence-electron chi connectivity index (χ2n) is 7.02. The van der Waals surface area contributed by atoms with Gasteiger partial charge in [-0.3, -0.25) is 4.79 Å². The summed E-state index contributed by atoms with van der Waals surface area (Å²) in [5, 5.41) is 9.69. The van der Waals surface area contributed by atoms with Crippen LogP contribution < -0.4 is 4.74 Å². The second kappa shape index (κ2) is 6.88. The molecule has 4 rings (SSSR count). The zero-order valence-electron chi connectivity index (χ0n) is 15.0. The van der Waals surface area contributed by atoms with Gasteiger partial charge in [-0.15, -0.1) is 0 Å². The van der Waals surface area contributed by atoms with E-state index in [9.17, 15) is 13.6 Å². The third kappa shape index (κ3) is 3.39. The SMILES string of the molecule is CC(F)(F)c1ccc2c(c1Br)CCC2Oc1ccc2c(CC(=O)O)coc2c1. The highest BCUT2D eigenvalue weighted by molar-refractivity contribution is 9.10. The molecule has 1 unspecified atom stereocenters. The number of fused-ring (bicyclic) bond motifs is 2. The summed E-state index contributed by atoms with van der Waals surface area (Å²) in [5.41, 5.74) is 2.89. The first-order chi connectivity index (χ1) is 13.2. The van der Waals surface area contributed by atoms with Crippen molar-refractivity contribution in [1.29, 1.82) is 0 Å². The highest BCUT2D eigenvalue weighted by atomic mass is 79.9. The number of rotatable bonds is 5. The molecule has 1 atom stereocenters. The maximum absolute atomic E-state index is 13.7. The predicted molar refractivity (Wildman–Crippen MR) is 103 cm³/mol. The van der Waals surface area contributed by atoms with E-state index in [0.29, 0.717) is 34.2 Å². The molecule has 0 radical (unpaired) electrons. The van der Waals surface area contributed by atoms with Crippen LogP contribution in [0.2, 0.25) is 0 Å². The lowest BCUT2D eigenvalue weighted by atomic mass is 10.0. The molecule has 0 bridgehead atoms. The van der Waals surface area contributed by atoms with Gasteiger partial charge >= 0.3 is 5.97 Å². The molecule has 146 valence electrons. The van der Waals surface area contributed by atoms with Crippen molar-refractivity contribution < 1.29 is 27.8 Å². The van der Waals surface area contributed by atoms with E-state index in [1.54, 1.807) is 24.3 Å². The van der Waals surface area contributed by atoms with Crippen molar-refractivity contribution in [2.75, 3.05) is 0 Å². The molecule has 1 aromatic heterocycles. The number of hydrogen-bond acceptors (Lipinski definition) is 3. The summed E-state index contributed by atoms with van der Waals surface area (Å²) in [7, 11) is 0. The van der Waals surface area contributed by atoms with Gasteiger partial charge in [-0.2, -0.15) is 0 Å². The number of aliphatic carboxylic acids is 1. The summed E-state index contributed by atoms with van der Waals surface area (Å²) in [5.74, 6) is -3.25. The molecule has 0 aliphatic heterocycles. The first kappa shape index (κ1) is 18.9. The van der Waals surface area contributed by atoms with Gasteiger partial charge in [-0.05, 0) is 52.0 Å². The molecule has 0 spiro atoms. The molecule has 2 aromatic carbocycles. The average molecular weight is 451 g/mol. The van der Waals surface area contributed by atoms with E-state index in [1.165, 1.54) is 12.3 Å². The van der Waals surface area contributed by atoms with Gasteiger partial charge in [0.05, 0.1) is 12.7 Å². The lowest BCUT2D eigenvalue weighted by Crippen LogP contribution is -2.10. The smallest absolute Gasteiger partial charge is 0.307 e. The number of ether oxygens (including phenoxy) is 1. The van der Waals surface area contributed by atoms with Crippen LogP contribution in [0.25, 0.3) is 11.0 Å². The van der Waals surface area contributed by atoms with Crippen molar-refractivity contribution in [1.82, 2.24) is 0 Å². The fourth-order valence-electron chi connectivity index (χ4n) is 3.69. The van der Waals surface area contributed by atoms with Crippen molar-refractivity contribution in [3.63, 3.8) is 0 Å². The minimum absolute atomic E-state index is 0.0186. The average Bonchev–Trinajstić information content (AvgIpc) is 3.19. The maximum atomic E-state index is 13.7. The molecule has 1 N–H and O–H groups in total. The summed E-state index contributed by atoms with van der Waals surface area (Å²) in [6.45, 7) is 0.889. The van der Waals surface area contributed by atoms with E-state index in [0.717, 1.165) is 23.4 Å². The van der Waals surface area contributed by atoms with Crippen LogP contribution >= 0.6 is 15.9 Å². The number of carboxylic acid groups (broad SMARTS) is 1. The molecule has 0 fully saturated rings. The highest BCUT2D eigenvalue weighted by Crippen LogP contribution is 2.44. The zero-order chi connectivity index (χ0) is 20.1. The van der Waals surface area contributed by atoms with Gasteiger partial charge in [0, 0.05) is 34.0 Å². The van der Waals surface area contributed by atoms with Crippen LogP contribution in [0.1, 0.15) is 41.7 Å². The summed E-state index contributed by atoms with van der Waals surface area (Å²) in [4.78, 5) is 10.9. The topological polar surface area (TPSA) is 59.7 Å². The first-order valence-corrected chi connectivity index (χ1v) is 9.61. The van der Waals surface area contributed by atoms with Crippen molar-refractivity contribution in [2.45, 2.75) is 38.2 Å². The summed E-state index contributed by atoms with van der Waals surface area (Å²) in [6.07, 6.45) is 2.43. The van der Waals surface area contributed by atoms with Crippen LogP contribution in [0, 0.1) is 0 Å². The molecule has 1 heterocycles. The minimum atomic E-state index is -2.91. The Morgan fingerprint density at radius 3 is 2.86 bits per heavy atom. The number of carboxylic acids is 1. The van der Waals surface area contributed by atoms with Crippen LogP contribution in [-0.2, 0) is 23.6 Å². The molecule has 28 heavy (non-hydrogen) atoms. The Kier molecular flexibility index (Phi) is 4.65. The quantitative estimate of drug-likeness (QED) is 0.517. The van der Waals surface area contributed by atoms with Crippen LogP contribution in [0.4, 0.5) is 8.78 Å². The Morgan fingerprint density at radius 2 is 2.14 bits per heavy atom. The van der Waals surface area contributed by atoms with Gasteiger partial charge in [0.15, 0.2) is 0 Å². The number of halogens is 3. The van der Waals surface area contributed by atoms with Gasteiger partial charge in [-0.25, -0.2) is 8.78 Å². The summed E-state index contributed by atoms with van der Waals surface area (Å²) < 4.78 is 39.5. The largest absolute Gasteiger partial charge is 0.486 e. The van der Waals surface area contributed by atoms with Crippen LogP contribution in [0.15, 0.2) is 45.5 Å². The van der Waals surface area contributed by atoms with E-state index < -0.39 is 11.9 Å². The number of hydrogen-bond donors (Lipinski definition) is 1. The second-order valence-corrected chi connectivity index (χ2v) is 7.81. The normalized spacial score (nSPS) is 16.4. The number of carbonyl (C=O) groups is 1. The molecule has 1 aliphatic rings. The van der Waals surface area contributed by atoms with E-state index >= 15 is 0 Å². The van der Waals surface area contributed by atoms with Crippen LogP contribution in [0.3, 0.4) is 0 Å². The predicted octanol–water partition coefficient (Wildman–Crippen LogP) is 6.00. The minimum Gasteiger partial charge on any atom is -0.486 e. The standard InChI is InChI=1S/C21H17BrF2O4/c1-21(23,24)16-6-4-14-15(20(16)22)5-7-17(14)28-12-2-3-13-11(8-19(25)26)10-27-18(13)9-12/h2-4,6,9-10,17H,5,7-8H2,1H3,(H,25,26). The first-order valence-electron chi connectivity index (χ1n) is 8.82. The van der Waals surface area contributed by atoms with Crippen LogP contribution in [0.5, 0.6) is 5.75 Å². The molecule has 4 nitrogen and oxygen atoms in total. The lowest BCUT2D eigenvalue weighted by Gasteiger charge is -2.18. The van der Waals surface area contributed by atoms with Gasteiger partial charge in [0.1, 0.15) is 17.4 Å². The fraction of sp³-hybridized carbons (Fsp3) is 0.286. The summed E-state index contributed by atoms with van der Waals surface area (Å²) >= 11 is 3.34. The Labute approximate surface area is 168 Å². The Hall–Kier alpha value is -2.41. The number of furan rings is 1. The van der Waals surface area contributed by atoms with Crippen molar-refractivity contribution >= 4 is 32.9 Å². The molecular weight excluding hydrogens is 434 g/mol. The van der Waals surface area contributed by atoms with Crippen molar-refractivity contribution in [2.24, 2.45) is 0 Å². The van der Waals surface area contributed by atoms with E-state index in [2.05, 4.69) is 15.9 Å². The molecule has 1 aliphatic carbocycles. The molecule has 0 amide bonds. The molecule has 7 heteroatoms. The monoisotopic (exact) mass is 450 g/mol. The Morgan fingerprint density at radius 1 is 1.36 bits per heavy atom. The van der Waals surface area contributed by atoms with Crippen molar-refractivity contribution in [3.8, 4) is 5.75 Å². The summed E-state index contributed by atoms with van der Waals surface area (Å²) in [6, 6.07) is 8.42. The molecule has 3 aromatic rings. The van der Waals surface area contributed by atoms with Crippen molar-refractivity contribution in [3.05, 3.63) is 63.3 Å². The number of alkyl halides is 2. The Balaban J connectivity index is 1.60. The zero-order valence-corrected chi connectivity index (χ0v) is 16.6. The van der Waals surface area contributed by atoms with Gasteiger partial charge in [-0.1, -0.05) is 12.1 Å². The van der Waals surface area contributed by atoms with Gasteiger partial charge < -0.3 is 14.3 Å². The number of benzene rings is 2. The van der Waals surface area contributed by atoms with Gasteiger partial charge in [0.25, 0.3) is 5.92 Å². The third-order valence-electron chi connectivity index (χ3n) is 5.00. The molecule has 0 saturated carbocycles. The maximum Gasteiger partial charge on any atom is 0.307 e. The Bertz CT molecular complexity index is 1070. The van der Waals surface area contributed by atoms with Crippen LogP contribution in [-0.4, -0.2) is 11.1 Å². The van der Waals surface area contributed by atoms with Gasteiger partial charge in [0.2, 0.25) is 0 Å². The van der Waals surface area contributed by atoms with E-state index in [1.807, 2.05) is 0 Å². The lowest BCUT2D eigenvalue weighted by molar-refractivity contribution is -0.136. The molecule has 0 saturated heterocycles. The fourth-order valence-corrected chi connectivity index (χ4v) is 4.59. The third-order valence-corrected chi connectivity index (χ3v) is 5.91. The molecular formula is C21H17BrF2O4. The van der Waals surface area contributed by atoms with E-state index in [-0.39, 0.29) is 18.1 Å².